The predicted octanol–water partition coefficient (Wildman–Crippen LogP) is 3.24. The fraction of sp³-hybridized carbons (Fsp3) is 0.600. The topological polar surface area (TPSA) is 50.7 Å². The molecule has 0 aromatic heterocycles. The van der Waals surface area contributed by atoms with E-state index in [4.69, 9.17) is 9.47 Å². The van der Waals surface area contributed by atoms with Gasteiger partial charge < -0.3 is 19.9 Å². The monoisotopic (exact) mass is 421 g/mol. The molecule has 1 saturated heterocycles. The molecule has 0 amide bonds. The van der Waals surface area contributed by atoms with Crippen LogP contribution in [0, 0.1) is 0 Å². The standard InChI is InChI=1S/C15H21Br2NO3/c1-2-21-14-11(7-12(16)8-13(14)17)9-18-15(10-19)3-5-20-6-4-15/h7-8,18-19H,2-6,9-10H2,1H3. The fourth-order valence-corrected chi connectivity index (χ4v) is 3.91. The predicted molar refractivity (Wildman–Crippen MR) is 89.7 cm³/mol. The van der Waals surface area contributed by atoms with Crippen LogP contribution in [0.4, 0.5) is 0 Å². The van der Waals surface area contributed by atoms with E-state index in [1.165, 1.54) is 0 Å². The number of ether oxygens (including phenoxy) is 2. The zero-order chi connectivity index (χ0) is 15.3. The first kappa shape index (κ1) is 17.2. The molecule has 4 nitrogen and oxygen atoms in total. The van der Waals surface area contributed by atoms with E-state index in [0.29, 0.717) is 26.4 Å². The van der Waals surface area contributed by atoms with Gasteiger partial charge >= 0.3 is 0 Å². The molecule has 0 unspecified atom stereocenters. The Hall–Kier alpha value is -0.140. The van der Waals surface area contributed by atoms with Crippen molar-refractivity contribution in [1.82, 2.24) is 5.32 Å². The lowest BCUT2D eigenvalue weighted by Crippen LogP contribution is -2.51. The Morgan fingerprint density at radius 2 is 2.05 bits per heavy atom. The van der Waals surface area contributed by atoms with Crippen LogP contribution in [0.2, 0.25) is 0 Å². The molecule has 0 aliphatic carbocycles. The summed E-state index contributed by atoms with van der Waals surface area (Å²) in [4.78, 5) is 0. The first-order chi connectivity index (χ1) is 10.1. The summed E-state index contributed by atoms with van der Waals surface area (Å²) < 4.78 is 13.1. The fourth-order valence-electron chi connectivity index (χ4n) is 2.49. The van der Waals surface area contributed by atoms with Crippen LogP contribution < -0.4 is 10.1 Å². The maximum Gasteiger partial charge on any atom is 0.138 e. The second kappa shape index (κ2) is 7.92. The maximum absolute atomic E-state index is 9.73. The first-order valence-corrected chi connectivity index (χ1v) is 8.73. The van der Waals surface area contributed by atoms with E-state index in [9.17, 15) is 5.11 Å². The summed E-state index contributed by atoms with van der Waals surface area (Å²) in [5.41, 5.74) is 0.814. The van der Waals surface area contributed by atoms with Crippen molar-refractivity contribution in [2.24, 2.45) is 0 Å². The smallest absolute Gasteiger partial charge is 0.138 e. The molecule has 1 heterocycles. The highest BCUT2D eigenvalue weighted by atomic mass is 79.9. The molecular weight excluding hydrogens is 402 g/mol. The molecule has 2 N–H and O–H groups in total. The van der Waals surface area contributed by atoms with Gasteiger partial charge in [0.25, 0.3) is 0 Å². The van der Waals surface area contributed by atoms with Crippen molar-refractivity contribution in [3.63, 3.8) is 0 Å². The molecule has 0 radical (unpaired) electrons. The van der Waals surface area contributed by atoms with Gasteiger partial charge in [-0.05, 0) is 47.8 Å². The summed E-state index contributed by atoms with van der Waals surface area (Å²) in [5.74, 6) is 0.855. The highest BCUT2D eigenvalue weighted by Crippen LogP contribution is 2.33. The number of nitrogens with one attached hydrogen (secondary N) is 1. The van der Waals surface area contributed by atoms with E-state index in [1.54, 1.807) is 0 Å². The van der Waals surface area contributed by atoms with Crippen molar-refractivity contribution in [2.75, 3.05) is 26.4 Å². The van der Waals surface area contributed by atoms with E-state index in [2.05, 4.69) is 37.2 Å². The third-order valence-corrected chi connectivity index (χ3v) is 4.83. The van der Waals surface area contributed by atoms with Crippen LogP contribution in [0.25, 0.3) is 0 Å². The van der Waals surface area contributed by atoms with E-state index >= 15 is 0 Å². The summed E-state index contributed by atoms with van der Waals surface area (Å²) in [7, 11) is 0. The Balaban J connectivity index is 2.14. The lowest BCUT2D eigenvalue weighted by Gasteiger charge is -2.36. The highest BCUT2D eigenvalue weighted by molar-refractivity contribution is 9.11. The van der Waals surface area contributed by atoms with Gasteiger partial charge in [0.05, 0.1) is 17.7 Å². The van der Waals surface area contributed by atoms with Crippen LogP contribution in [-0.4, -0.2) is 37.1 Å². The quantitative estimate of drug-likeness (QED) is 0.738. The van der Waals surface area contributed by atoms with Gasteiger partial charge in [0.2, 0.25) is 0 Å². The molecule has 0 spiro atoms. The normalized spacial score (nSPS) is 17.7. The molecular formula is C15H21Br2NO3. The van der Waals surface area contributed by atoms with E-state index in [-0.39, 0.29) is 12.1 Å². The summed E-state index contributed by atoms with van der Waals surface area (Å²) in [5, 5.41) is 13.2. The molecule has 6 heteroatoms. The van der Waals surface area contributed by atoms with Crippen LogP contribution in [0.1, 0.15) is 25.3 Å². The Morgan fingerprint density at radius 1 is 1.33 bits per heavy atom. The van der Waals surface area contributed by atoms with Crippen molar-refractivity contribution in [3.05, 3.63) is 26.6 Å². The van der Waals surface area contributed by atoms with Crippen molar-refractivity contribution in [2.45, 2.75) is 31.8 Å². The molecule has 1 aromatic rings. The second-order valence-electron chi connectivity index (χ2n) is 5.21. The van der Waals surface area contributed by atoms with E-state index in [1.807, 2.05) is 19.1 Å². The Kier molecular flexibility index (Phi) is 6.50. The minimum Gasteiger partial charge on any atom is -0.492 e. The van der Waals surface area contributed by atoms with Crippen LogP contribution in [0.5, 0.6) is 5.75 Å². The molecule has 0 bridgehead atoms. The third kappa shape index (κ3) is 4.42. The van der Waals surface area contributed by atoms with Gasteiger partial charge in [0.15, 0.2) is 0 Å². The average molecular weight is 423 g/mol. The SMILES string of the molecule is CCOc1c(Br)cc(Br)cc1CNC1(CO)CCOCC1. The zero-order valence-corrected chi connectivity index (χ0v) is 15.3. The number of halogens is 2. The number of hydrogen-bond donors (Lipinski definition) is 2. The van der Waals surface area contributed by atoms with Crippen molar-refractivity contribution in [1.29, 1.82) is 0 Å². The third-order valence-electron chi connectivity index (χ3n) is 3.78. The molecule has 21 heavy (non-hydrogen) atoms. The molecule has 2 rings (SSSR count). The summed E-state index contributed by atoms with van der Waals surface area (Å²) in [6.45, 7) is 4.73. The summed E-state index contributed by atoms with van der Waals surface area (Å²) in [6, 6.07) is 4.03. The van der Waals surface area contributed by atoms with Gasteiger partial charge in [0, 0.05) is 35.3 Å². The Morgan fingerprint density at radius 3 is 2.67 bits per heavy atom. The largest absolute Gasteiger partial charge is 0.492 e. The summed E-state index contributed by atoms with van der Waals surface area (Å²) in [6.07, 6.45) is 1.64. The van der Waals surface area contributed by atoms with Gasteiger partial charge in [-0.1, -0.05) is 15.9 Å². The van der Waals surface area contributed by atoms with Crippen molar-refractivity contribution < 1.29 is 14.6 Å². The average Bonchev–Trinajstić information content (AvgIpc) is 2.49. The number of benzene rings is 1. The second-order valence-corrected chi connectivity index (χ2v) is 6.98. The minimum absolute atomic E-state index is 0.121. The van der Waals surface area contributed by atoms with E-state index in [0.717, 1.165) is 33.1 Å². The van der Waals surface area contributed by atoms with Crippen LogP contribution >= 0.6 is 31.9 Å². The van der Waals surface area contributed by atoms with Gasteiger partial charge in [-0.25, -0.2) is 0 Å². The van der Waals surface area contributed by atoms with Gasteiger partial charge in [-0.2, -0.15) is 0 Å². The number of hydrogen-bond acceptors (Lipinski definition) is 4. The first-order valence-electron chi connectivity index (χ1n) is 7.14. The van der Waals surface area contributed by atoms with Gasteiger partial charge in [-0.15, -0.1) is 0 Å². The molecule has 118 valence electrons. The molecule has 0 saturated carbocycles. The molecule has 1 aliphatic rings. The van der Waals surface area contributed by atoms with Crippen molar-refractivity contribution in [3.8, 4) is 5.75 Å². The van der Waals surface area contributed by atoms with Crippen molar-refractivity contribution >= 4 is 31.9 Å². The zero-order valence-electron chi connectivity index (χ0n) is 12.1. The van der Waals surface area contributed by atoms with Crippen LogP contribution in [0.15, 0.2) is 21.1 Å². The number of rotatable bonds is 6. The molecule has 1 aromatic carbocycles. The molecule has 0 atom stereocenters. The highest BCUT2D eigenvalue weighted by Gasteiger charge is 2.31. The number of aliphatic hydroxyl groups excluding tert-OH is 1. The number of aliphatic hydroxyl groups is 1. The summed E-state index contributed by atoms with van der Waals surface area (Å²) >= 11 is 7.06. The van der Waals surface area contributed by atoms with Crippen LogP contribution in [-0.2, 0) is 11.3 Å². The lowest BCUT2D eigenvalue weighted by atomic mass is 9.90. The molecule has 1 aliphatic heterocycles. The minimum atomic E-state index is -0.253. The van der Waals surface area contributed by atoms with Crippen LogP contribution in [0.3, 0.4) is 0 Å². The van der Waals surface area contributed by atoms with Gasteiger partial charge in [-0.3, -0.25) is 0 Å². The van der Waals surface area contributed by atoms with Gasteiger partial charge in [0.1, 0.15) is 5.75 Å². The Labute approximate surface area is 142 Å². The maximum atomic E-state index is 9.73. The Bertz CT molecular complexity index is 476. The lowest BCUT2D eigenvalue weighted by molar-refractivity contribution is 0.0111. The van der Waals surface area contributed by atoms with E-state index < -0.39 is 0 Å². The molecule has 1 fully saturated rings.